The van der Waals surface area contributed by atoms with Gasteiger partial charge in [0.2, 0.25) is 0 Å². The molecule has 3 rings (SSSR count). The van der Waals surface area contributed by atoms with Gasteiger partial charge in [-0.15, -0.1) is 0 Å². The molecule has 0 bridgehead atoms. The Bertz CT molecular complexity index is 1080. The van der Waals surface area contributed by atoms with Crippen molar-refractivity contribution in [2.45, 2.75) is 0 Å². The molecule has 0 radical (unpaired) electrons. The Morgan fingerprint density at radius 3 is 2.43 bits per heavy atom. The minimum atomic E-state index is -3.71. The van der Waals surface area contributed by atoms with Crippen LogP contribution in [0.1, 0.15) is 5.56 Å². The third kappa shape index (κ3) is 4.51. The summed E-state index contributed by atoms with van der Waals surface area (Å²) in [5.41, 5.74) is 1.07. The smallest absolute Gasteiger partial charge is 0.306 e. The predicted molar refractivity (Wildman–Crippen MR) is 111 cm³/mol. The molecule has 1 aliphatic rings. The number of amides is 1. The molecule has 0 unspecified atom stereocenters. The van der Waals surface area contributed by atoms with Crippen LogP contribution in [-0.4, -0.2) is 32.0 Å². The quantitative estimate of drug-likeness (QED) is 0.401. The fourth-order valence-corrected chi connectivity index (χ4v) is 4.20. The zero-order chi connectivity index (χ0) is 20.5. The summed E-state index contributed by atoms with van der Waals surface area (Å²) in [6.07, 6.45) is 2.54. The van der Waals surface area contributed by atoms with Gasteiger partial charge in [0.15, 0.2) is 15.8 Å². The first-order valence-corrected chi connectivity index (χ1v) is 10.8. The van der Waals surface area contributed by atoms with Crippen molar-refractivity contribution in [3.63, 3.8) is 0 Å². The highest BCUT2D eigenvalue weighted by molar-refractivity contribution is 8.27. The van der Waals surface area contributed by atoms with Crippen LogP contribution in [0.3, 0.4) is 0 Å². The minimum absolute atomic E-state index is 0.0426. The van der Waals surface area contributed by atoms with Gasteiger partial charge in [-0.05, 0) is 48.0 Å². The molecule has 2 aromatic carbocycles. The number of rotatable bonds is 5. The van der Waals surface area contributed by atoms with Crippen LogP contribution in [0.2, 0.25) is 0 Å². The van der Waals surface area contributed by atoms with Gasteiger partial charge in [-0.1, -0.05) is 30.0 Å². The molecule has 1 heterocycles. The van der Waals surface area contributed by atoms with Gasteiger partial charge in [0.25, 0.3) is 5.91 Å². The molecule has 28 heavy (non-hydrogen) atoms. The van der Waals surface area contributed by atoms with Crippen LogP contribution in [-0.2, 0) is 14.9 Å². The Kier molecular flexibility index (Phi) is 5.73. The van der Waals surface area contributed by atoms with Crippen LogP contribution in [0, 0.1) is 5.82 Å². The van der Waals surface area contributed by atoms with Gasteiger partial charge in [0.1, 0.15) is 5.82 Å². The normalized spacial score (nSPS) is 16.0. The fraction of sp³-hybridized carbons (Fsp3) is 0.111. The highest BCUT2D eigenvalue weighted by atomic mass is 32.2. The summed E-state index contributed by atoms with van der Waals surface area (Å²) in [6, 6.07) is 10.0. The summed E-state index contributed by atoms with van der Waals surface area (Å²) in [6.45, 7) is 0. The standard InChI is InChI=1S/C18H14FNO5S3/c1-24-15-9-11(3-8-14(15)25-28(2,22)23)10-16-17(21)20(18(26)27-16)13-6-4-12(19)5-7-13/h3-10H,1-2H3. The molecule has 0 N–H and O–H groups in total. The molecule has 0 aliphatic carbocycles. The average molecular weight is 440 g/mol. The van der Waals surface area contributed by atoms with E-state index < -0.39 is 15.9 Å². The third-order valence-corrected chi connectivity index (χ3v) is 5.39. The first kappa shape index (κ1) is 20.3. The number of ether oxygens (including phenoxy) is 1. The number of carbonyl (C=O) groups excluding carboxylic acids is 1. The van der Waals surface area contributed by atoms with E-state index in [-0.39, 0.29) is 17.4 Å². The summed E-state index contributed by atoms with van der Waals surface area (Å²) in [5.74, 6) is -0.500. The fourth-order valence-electron chi connectivity index (χ4n) is 2.44. The number of hydrogen-bond donors (Lipinski definition) is 0. The largest absolute Gasteiger partial charge is 0.493 e. The predicted octanol–water partition coefficient (Wildman–Crippen LogP) is 3.58. The van der Waals surface area contributed by atoms with E-state index >= 15 is 0 Å². The molecule has 1 saturated heterocycles. The van der Waals surface area contributed by atoms with Gasteiger partial charge >= 0.3 is 10.1 Å². The Morgan fingerprint density at radius 1 is 1.14 bits per heavy atom. The second-order valence-corrected chi connectivity index (χ2v) is 8.94. The van der Waals surface area contributed by atoms with Gasteiger partial charge in [-0.25, -0.2) is 4.39 Å². The van der Waals surface area contributed by atoms with Crippen molar-refractivity contribution in [2.75, 3.05) is 18.3 Å². The van der Waals surface area contributed by atoms with E-state index in [0.29, 0.717) is 20.5 Å². The number of thioether (sulfide) groups is 1. The number of thiocarbonyl (C=S) groups is 1. The van der Waals surface area contributed by atoms with Gasteiger partial charge < -0.3 is 8.92 Å². The average Bonchev–Trinajstić information content (AvgIpc) is 2.89. The summed E-state index contributed by atoms with van der Waals surface area (Å²) in [5, 5.41) is 0. The summed E-state index contributed by atoms with van der Waals surface area (Å²) >= 11 is 6.39. The third-order valence-electron chi connectivity index (χ3n) is 3.61. The summed E-state index contributed by atoms with van der Waals surface area (Å²) in [7, 11) is -2.33. The number of hydrogen-bond acceptors (Lipinski definition) is 7. The molecule has 1 fully saturated rings. The van der Waals surface area contributed by atoms with E-state index in [4.69, 9.17) is 21.1 Å². The molecule has 146 valence electrons. The van der Waals surface area contributed by atoms with Crippen LogP contribution < -0.4 is 13.8 Å². The van der Waals surface area contributed by atoms with Gasteiger partial charge in [0, 0.05) is 0 Å². The molecule has 0 atom stereocenters. The van der Waals surface area contributed by atoms with Crippen LogP contribution in [0.25, 0.3) is 6.08 Å². The van der Waals surface area contributed by atoms with Gasteiger partial charge in [-0.2, -0.15) is 8.42 Å². The van der Waals surface area contributed by atoms with E-state index in [1.165, 1.54) is 42.3 Å². The highest BCUT2D eigenvalue weighted by Gasteiger charge is 2.33. The highest BCUT2D eigenvalue weighted by Crippen LogP contribution is 2.37. The number of carbonyl (C=O) groups is 1. The molecule has 1 aliphatic heterocycles. The first-order valence-electron chi connectivity index (χ1n) is 7.79. The Labute approximate surface area is 171 Å². The number of halogens is 1. The SMILES string of the molecule is COc1cc(C=C2SC(=S)N(c3ccc(F)cc3)C2=O)ccc1OS(C)(=O)=O. The van der Waals surface area contributed by atoms with Crippen LogP contribution in [0.5, 0.6) is 11.5 Å². The van der Waals surface area contributed by atoms with Crippen molar-refractivity contribution in [1.82, 2.24) is 0 Å². The number of nitrogens with zero attached hydrogens (tertiary/aromatic N) is 1. The molecule has 0 spiro atoms. The molecule has 0 aromatic heterocycles. The lowest BCUT2D eigenvalue weighted by molar-refractivity contribution is -0.113. The molecule has 10 heteroatoms. The van der Waals surface area contributed by atoms with Gasteiger partial charge in [0.05, 0.1) is 24.0 Å². The van der Waals surface area contributed by atoms with Crippen molar-refractivity contribution in [1.29, 1.82) is 0 Å². The molecular formula is C18H14FNO5S3. The van der Waals surface area contributed by atoms with E-state index in [0.717, 1.165) is 18.0 Å². The van der Waals surface area contributed by atoms with Crippen molar-refractivity contribution < 1.29 is 26.5 Å². The topological polar surface area (TPSA) is 72.9 Å². The van der Waals surface area contributed by atoms with E-state index in [9.17, 15) is 17.6 Å². The zero-order valence-electron chi connectivity index (χ0n) is 14.7. The molecular weight excluding hydrogens is 425 g/mol. The molecule has 6 nitrogen and oxygen atoms in total. The first-order chi connectivity index (χ1) is 13.2. The van der Waals surface area contributed by atoms with Crippen LogP contribution in [0.4, 0.5) is 10.1 Å². The Balaban J connectivity index is 1.90. The minimum Gasteiger partial charge on any atom is -0.493 e. The van der Waals surface area contributed by atoms with E-state index in [2.05, 4.69) is 0 Å². The maximum Gasteiger partial charge on any atom is 0.306 e. The lowest BCUT2D eigenvalue weighted by atomic mass is 10.2. The molecule has 2 aromatic rings. The van der Waals surface area contributed by atoms with Crippen molar-refractivity contribution in [3.05, 3.63) is 58.8 Å². The number of anilines is 1. The second-order valence-electron chi connectivity index (χ2n) is 5.69. The lowest BCUT2D eigenvalue weighted by Gasteiger charge is -2.14. The van der Waals surface area contributed by atoms with Crippen molar-refractivity contribution in [3.8, 4) is 11.5 Å². The van der Waals surface area contributed by atoms with Crippen LogP contribution >= 0.6 is 24.0 Å². The second kappa shape index (κ2) is 7.90. The van der Waals surface area contributed by atoms with Crippen LogP contribution in [0.15, 0.2) is 47.4 Å². The lowest BCUT2D eigenvalue weighted by Crippen LogP contribution is -2.27. The molecule has 1 amide bonds. The van der Waals surface area contributed by atoms with Gasteiger partial charge in [-0.3, -0.25) is 9.69 Å². The Morgan fingerprint density at radius 2 is 1.82 bits per heavy atom. The van der Waals surface area contributed by atoms with E-state index in [1.807, 2.05) is 0 Å². The molecule has 0 saturated carbocycles. The van der Waals surface area contributed by atoms with Crippen molar-refractivity contribution in [2.24, 2.45) is 0 Å². The summed E-state index contributed by atoms with van der Waals surface area (Å²) < 4.78 is 46.1. The number of benzene rings is 2. The maximum atomic E-state index is 13.1. The number of methoxy groups -OCH3 is 1. The monoisotopic (exact) mass is 439 g/mol. The zero-order valence-corrected chi connectivity index (χ0v) is 17.2. The maximum absolute atomic E-state index is 13.1. The van der Waals surface area contributed by atoms with E-state index in [1.54, 1.807) is 18.2 Å². The summed E-state index contributed by atoms with van der Waals surface area (Å²) in [4.78, 5) is 14.4. The Hall–Kier alpha value is -2.43. The van der Waals surface area contributed by atoms with Crippen molar-refractivity contribution >= 4 is 56.1 Å².